The lowest BCUT2D eigenvalue weighted by Gasteiger charge is -2.29. The summed E-state index contributed by atoms with van der Waals surface area (Å²) >= 11 is 6.29. The van der Waals surface area contributed by atoms with Gasteiger partial charge in [0.25, 0.3) is 0 Å². The number of piperidine rings is 1. The Hall–Kier alpha value is -1.35. The third-order valence-corrected chi connectivity index (χ3v) is 5.74. The number of aliphatic hydroxyl groups is 1. The molecule has 1 unspecified atom stereocenters. The molecule has 0 aliphatic carbocycles. The highest BCUT2D eigenvalue weighted by atomic mass is 127. The van der Waals surface area contributed by atoms with Crippen LogP contribution < -0.4 is 10.6 Å². The van der Waals surface area contributed by atoms with Crippen molar-refractivity contribution >= 4 is 41.5 Å². The number of halogens is 2. The zero-order valence-corrected chi connectivity index (χ0v) is 20.7. The van der Waals surface area contributed by atoms with E-state index in [4.69, 9.17) is 11.6 Å². The molecule has 164 valence electrons. The number of benzene rings is 2. The molecule has 3 rings (SSSR count). The van der Waals surface area contributed by atoms with Crippen LogP contribution in [0.3, 0.4) is 0 Å². The van der Waals surface area contributed by atoms with Crippen LogP contribution in [0, 0.1) is 0 Å². The maximum absolute atomic E-state index is 9.63. The summed E-state index contributed by atoms with van der Waals surface area (Å²) in [7, 11) is 1.77. The van der Waals surface area contributed by atoms with Crippen LogP contribution in [0.15, 0.2) is 53.5 Å². The van der Waals surface area contributed by atoms with Gasteiger partial charge in [0.05, 0.1) is 12.1 Å². The van der Waals surface area contributed by atoms with Crippen LogP contribution in [0.25, 0.3) is 0 Å². The molecular weight excluding hydrogens is 511 g/mol. The van der Waals surface area contributed by atoms with E-state index in [0.717, 1.165) is 49.0 Å². The Bertz CT molecular complexity index is 807. The number of likely N-dealkylation sites (tertiary alicyclic amines) is 1. The highest BCUT2D eigenvalue weighted by molar-refractivity contribution is 14.0. The molecule has 1 saturated heterocycles. The van der Waals surface area contributed by atoms with Crippen molar-refractivity contribution in [3.63, 3.8) is 0 Å². The molecule has 0 saturated carbocycles. The number of rotatable bonds is 6. The molecule has 1 fully saturated rings. The van der Waals surface area contributed by atoms with Gasteiger partial charge < -0.3 is 15.7 Å². The van der Waals surface area contributed by atoms with Crippen molar-refractivity contribution in [2.24, 2.45) is 4.99 Å². The molecule has 0 radical (unpaired) electrons. The zero-order chi connectivity index (χ0) is 20.6. The van der Waals surface area contributed by atoms with Crippen molar-refractivity contribution in [2.45, 2.75) is 45.0 Å². The number of nitrogens with zero attached hydrogens (tertiary/aromatic N) is 2. The number of hydrogen-bond acceptors (Lipinski definition) is 3. The first-order valence-electron chi connectivity index (χ1n) is 10.2. The highest BCUT2D eigenvalue weighted by Gasteiger charge is 2.16. The van der Waals surface area contributed by atoms with Gasteiger partial charge in [0, 0.05) is 38.2 Å². The molecule has 0 aromatic heterocycles. The van der Waals surface area contributed by atoms with Gasteiger partial charge in [-0.1, -0.05) is 54.1 Å². The fraction of sp³-hybridized carbons (Fsp3) is 0.435. The fourth-order valence-corrected chi connectivity index (χ4v) is 3.89. The van der Waals surface area contributed by atoms with Crippen LogP contribution in [-0.4, -0.2) is 42.2 Å². The SMILES string of the molecule is CN=C(NCc1ccc(CN2CCC(O)CC2)cc1)NC(C)c1ccccc1Cl.I. The smallest absolute Gasteiger partial charge is 0.191 e. The molecule has 3 N–H and O–H groups in total. The summed E-state index contributed by atoms with van der Waals surface area (Å²) in [5.74, 6) is 0.744. The number of aliphatic imine (C=N–C) groups is 1. The molecule has 0 bridgehead atoms. The molecular formula is C23H32ClIN4O. The van der Waals surface area contributed by atoms with E-state index in [9.17, 15) is 5.11 Å². The number of hydrogen-bond donors (Lipinski definition) is 3. The first-order chi connectivity index (χ1) is 14.0. The molecule has 7 heteroatoms. The summed E-state index contributed by atoms with van der Waals surface area (Å²) in [5.41, 5.74) is 3.56. The summed E-state index contributed by atoms with van der Waals surface area (Å²) < 4.78 is 0. The Morgan fingerprint density at radius 3 is 2.40 bits per heavy atom. The lowest BCUT2D eigenvalue weighted by molar-refractivity contribution is 0.0792. The van der Waals surface area contributed by atoms with E-state index < -0.39 is 0 Å². The molecule has 1 heterocycles. The van der Waals surface area contributed by atoms with Gasteiger partial charge >= 0.3 is 0 Å². The summed E-state index contributed by atoms with van der Waals surface area (Å²) in [4.78, 5) is 6.73. The standard InChI is InChI=1S/C23H31ClN4O.HI/c1-17(21-5-3-4-6-22(21)24)27-23(25-2)26-15-18-7-9-19(10-8-18)16-28-13-11-20(29)12-14-28;/h3-10,17,20,29H,11-16H2,1-2H3,(H2,25,26,27);1H. The van der Waals surface area contributed by atoms with Crippen molar-refractivity contribution < 1.29 is 5.11 Å². The van der Waals surface area contributed by atoms with E-state index in [2.05, 4.69) is 51.7 Å². The monoisotopic (exact) mass is 542 g/mol. The molecule has 30 heavy (non-hydrogen) atoms. The molecule has 0 spiro atoms. The molecule has 1 aliphatic heterocycles. The minimum atomic E-state index is -0.122. The first kappa shape index (κ1) is 24.9. The highest BCUT2D eigenvalue weighted by Crippen LogP contribution is 2.22. The molecule has 0 amide bonds. The summed E-state index contributed by atoms with van der Waals surface area (Å²) in [5, 5.41) is 17.1. The van der Waals surface area contributed by atoms with E-state index >= 15 is 0 Å². The predicted molar refractivity (Wildman–Crippen MR) is 136 cm³/mol. The number of aliphatic hydroxyl groups excluding tert-OH is 1. The Balaban J connectivity index is 0.00000320. The molecule has 1 atom stereocenters. The quantitative estimate of drug-likeness (QED) is 0.289. The van der Waals surface area contributed by atoms with E-state index in [1.165, 1.54) is 11.1 Å². The van der Waals surface area contributed by atoms with Crippen LogP contribution in [0.2, 0.25) is 5.02 Å². The third-order valence-electron chi connectivity index (χ3n) is 5.39. The second-order valence-electron chi connectivity index (χ2n) is 7.64. The Morgan fingerprint density at radius 2 is 1.77 bits per heavy atom. The average molecular weight is 543 g/mol. The van der Waals surface area contributed by atoms with E-state index in [-0.39, 0.29) is 36.1 Å². The van der Waals surface area contributed by atoms with Gasteiger partial charge in [0.1, 0.15) is 0 Å². The minimum absolute atomic E-state index is 0. The van der Waals surface area contributed by atoms with Gasteiger partial charge in [-0.3, -0.25) is 9.89 Å². The van der Waals surface area contributed by atoms with Crippen molar-refractivity contribution in [3.8, 4) is 0 Å². The molecule has 2 aromatic rings. The second kappa shape index (κ2) is 12.5. The van der Waals surface area contributed by atoms with Gasteiger partial charge in [-0.25, -0.2) is 0 Å². The summed E-state index contributed by atoms with van der Waals surface area (Å²) in [6.07, 6.45) is 1.63. The lowest BCUT2D eigenvalue weighted by atomic mass is 10.1. The van der Waals surface area contributed by atoms with E-state index in [1.807, 2.05) is 24.3 Å². The van der Waals surface area contributed by atoms with Gasteiger partial charge in [-0.15, -0.1) is 24.0 Å². The summed E-state index contributed by atoms with van der Waals surface area (Å²) in [6, 6.07) is 16.6. The van der Waals surface area contributed by atoms with Crippen LogP contribution >= 0.6 is 35.6 Å². The van der Waals surface area contributed by atoms with E-state index in [1.54, 1.807) is 7.05 Å². The molecule has 2 aromatic carbocycles. The Labute approximate surface area is 201 Å². The zero-order valence-electron chi connectivity index (χ0n) is 17.6. The molecule has 5 nitrogen and oxygen atoms in total. The largest absolute Gasteiger partial charge is 0.393 e. The fourth-order valence-electron chi connectivity index (χ4n) is 3.59. The first-order valence-corrected chi connectivity index (χ1v) is 10.6. The number of nitrogens with one attached hydrogen (secondary N) is 2. The van der Waals surface area contributed by atoms with E-state index in [0.29, 0.717) is 6.54 Å². The van der Waals surface area contributed by atoms with Crippen molar-refractivity contribution in [1.82, 2.24) is 15.5 Å². The van der Waals surface area contributed by atoms with Crippen molar-refractivity contribution in [3.05, 3.63) is 70.2 Å². The van der Waals surface area contributed by atoms with Crippen molar-refractivity contribution in [2.75, 3.05) is 20.1 Å². The predicted octanol–water partition coefficient (Wildman–Crippen LogP) is 4.34. The Kier molecular flexibility index (Phi) is 10.4. The molecule has 1 aliphatic rings. The Morgan fingerprint density at radius 1 is 1.13 bits per heavy atom. The van der Waals surface area contributed by atoms with Crippen LogP contribution in [-0.2, 0) is 13.1 Å². The average Bonchev–Trinajstić information content (AvgIpc) is 2.74. The van der Waals surface area contributed by atoms with Crippen LogP contribution in [0.1, 0.15) is 42.5 Å². The second-order valence-corrected chi connectivity index (χ2v) is 8.04. The van der Waals surface area contributed by atoms with Crippen molar-refractivity contribution in [1.29, 1.82) is 0 Å². The normalized spacial score (nSPS) is 16.6. The van der Waals surface area contributed by atoms with Gasteiger partial charge in [-0.05, 0) is 42.5 Å². The van der Waals surface area contributed by atoms with Gasteiger partial charge in [-0.2, -0.15) is 0 Å². The van der Waals surface area contributed by atoms with Crippen LogP contribution in [0.5, 0.6) is 0 Å². The number of guanidine groups is 1. The topological polar surface area (TPSA) is 59.9 Å². The maximum Gasteiger partial charge on any atom is 0.191 e. The lowest BCUT2D eigenvalue weighted by Crippen LogP contribution is -2.38. The van der Waals surface area contributed by atoms with Crippen LogP contribution in [0.4, 0.5) is 0 Å². The maximum atomic E-state index is 9.63. The summed E-state index contributed by atoms with van der Waals surface area (Å²) in [6.45, 7) is 5.65. The van der Waals surface area contributed by atoms with Gasteiger partial charge in [0.15, 0.2) is 5.96 Å². The third kappa shape index (κ3) is 7.41. The minimum Gasteiger partial charge on any atom is -0.393 e. The van der Waals surface area contributed by atoms with Gasteiger partial charge in [0.2, 0.25) is 0 Å².